The Morgan fingerprint density at radius 2 is 2.44 bits per heavy atom. The average Bonchev–Trinajstić information content (AvgIpc) is 2.33. The molecule has 0 fully saturated rings. The molecular weight excluding hydrogens is 130 g/mol. The maximum atomic E-state index is 3.13. The smallest absolute Gasteiger partial charge is 0.00924 e. The van der Waals surface area contributed by atoms with Gasteiger partial charge in [0.15, 0.2) is 0 Å². The molecule has 48 valence electrons. The van der Waals surface area contributed by atoms with E-state index in [0.717, 1.165) is 0 Å². The van der Waals surface area contributed by atoms with Crippen LogP contribution in [0, 0.1) is 0 Å². The summed E-state index contributed by atoms with van der Waals surface area (Å²) >= 11 is 1.78. The Bertz CT molecular complexity index is 181. The van der Waals surface area contributed by atoms with Crippen LogP contribution in [0.2, 0.25) is 0 Å². The van der Waals surface area contributed by atoms with Gasteiger partial charge in [-0.1, -0.05) is 0 Å². The van der Waals surface area contributed by atoms with Crippen LogP contribution >= 0.6 is 11.9 Å². The van der Waals surface area contributed by atoms with Crippen molar-refractivity contribution in [2.45, 2.75) is 19.3 Å². The first-order valence-corrected chi connectivity index (χ1v) is 4.09. The maximum absolute atomic E-state index is 3.13. The minimum absolute atomic E-state index is 1.29. The summed E-state index contributed by atoms with van der Waals surface area (Å²) in [5.41, 5.74) is 1.55. The Labute approximate surface area is 59.3 Å². The fraction of sp³-hybridized carbons (Fsp3) is 0.429. The van der Waals surface area contributed by atoms with Crippen molar-refractivity contribution in [3.63, 3.8) is 0 Å². The van der Waals surface area contributed by atoms with E-state index in [1.165, 1.54) is 19.3 Å². The lowest BCUT2D eigenvalue weighted by atomic mass is 10.2. The van der Waals surface area contributed by atoms with Gasteiger partial charge in [0.1, 0.15) is 0 Å². The lowest BCUT2D eigenvalue weighted by Crippen LogP contribution is -1.96. The van der Waals surface area contributed by atoms with Crippen LogP contribution in [0.5, 0.6) is 0 Å². The van der Waals surface area contributed by atoms with Crippen LogP contribution in [-0.2, 0) is 0 Å². The molecule has 0 saturated heterocycles. The molecule has 1 heterocycles. The largest absolute Gasteiger partial charge is 0.333 e. The van der Waals surface area contributed by atoms with Crippen LogP contribution in [0.4, 0.5) is 0 Å². The Balaban J connectivity index is 2.28. The second kappa shape index (κ2) is 2.10. The monoisotopic (exact) mass is 139 g/mol. The minimum atomic E-state index is 1.29. The summed E-state index contributed by atoms with van der Waals surface area (Å²) in [5.74, 6) is 0. The van der Waals surface area contributed by atoms with Crippen LogP contribution in [0.3, 0.4) is 0 Å². The molecule has 2 aliphatic rings. The van der Waals surface area contributed by atoms with Crippen LogP contribution in [0.25, 0.3) is 0 Å². The number of allylic oxidation sites excluding steroid dienone is 3. The van der Waals surface area contributed by atoms with Gasteiger partial charge in [-0.2, -0.15) is 0 Å². The van der Waals surface area contributed by atoms with E-state index in [-0.39, 0.29) is 0 Å². The molecule has 1 aliphatic carbocycles. The van der Waals surface area contributed by atoms with E-state index in [1.54, 1.807) is 22.4 Å². The fourth-order valence-electron chi connectivity index (χ4n) is 1.27. The quantitative estimate of drug-likeness (QED) is 0.516. The zero-order chi connectivity index (χ0) is 6.10. The van der Waals surface area contributed by atoms with E-state index < -0.39 is 0 Å². The third-order valence-corrected chi connectivity index (χ3v) is 2.71. The molecule has 9 heavy (non-hydrogen) atoms. The van der Waals surface area contributed by atoms with Gasteiger partial charge in [0, 0.05) is 11.1 Å². The van der Waals surface area contributed by atoms with Gasteiger partial charge in [-0.25, -0.2) is 0 Å². The highest BCUT2D eigenvalue weighted by atomic mass is 32.2. The summed E-state index contributed by atoms with van der Waals surface area (Å²) in [6.45, 7) is 0. The highest BCUT2D eigenvalue weighted by Gasteiger charge is 2.14. The molecule has 0 aromatic rings. The van der Waals surface area contributed by atoms with E-state index in [0.29, 0.717) is 0 Å². The Morgan fingerprint density at radius 3 is 3.33 bits per heavy atom. The van der Waals surface area contributed by atoms with Gasteiger partial charge in [-0.05, 0) is 42.9 Å². The average molecular weight is 139 g/mol. The van der Waals surface area contributed by atoms with Crippen molar-refractivity contribution in [1.29, 1.82) is 0 Å². The van der Waals surface area contributed by atoms with Gasteiger partial charge in [-0.3, -0.25) is 0 Å². The van der Waals surface area contributed by atoms with Gasteiger partial charge >= 0.3 is 0 Å². The molecule has 1 aliphatic heterocycles. The van der Waals surface area contributed by atoms with Crippen molar-refractivity contribution in [3.8, 4) is 0 Å². The van der Waals surface area contributed by atoms with Crippen molar-refractivity contribution >= 4 is 11.9 Å². The lowest BCUT2D eigenvalue weighted by Gasteiger charge is -2.07. The molecule has 0 unspecified atom stereocenters. The van der Waals surface area contributed by atoms with Gasteiger partial charge in [0.2, 0.25) is 0 Å². The third kappa shape index (κ3) is 0.874. The van der Waals surface area contributed by atoms with Gasteiger partial charge in [0.25, 0.3) is 0 Å². The summed E-state index contributed by atoms with van der Waals surface area (Å²) in [5, 5.41) is 0. The summed E-state index contributed by atoms with van der Waals surface area (Å²) in [6.07, 6.45) is 8.15. The SMILES string of the molecule is C1=CC2=C(CCC2)SN1. The Hall–Kier alpha value is -0.370. The molecule has 0 amide bonds. The standard InChI is InChI=1S/C7H9NS/c1-2-6-4-5-8-9-7(6)3-1/h4-5,8H,1-3H2. The van der Waals surface area contributed by atoms with Crippen molar-refractivity contribution in [3.05, 3.63) is 22.8 Å². The minimum Gasteiger partial charge on any atom is -0.333 e. The molecular formula is C7H9NS. The second-order valence-corrected chi connectivity index (χ2v) is 3.29. The van der Waals surface area contributed by atoms with Crippen molar-refractivity contribution in [1.82, 2.24) is 4.72 Å². The van der Waals surface area contributed by atoms with E-state index >= 15 is 0 Å². The fourth-order valence-corrected chi connectivity index (χ4v) is 2.10. The molecule has 0 bridgehead atoms. The first-order valence-electron chi connectivity index (χ1n) is 3.28. The predicted molar refractivity (Wildman–Crippen MR) is 40.7 cm³/mol. The number of hydrogen-bond donors (Lipinski definition) is 1. The first kappa shape index (κ1) is 5.42. The van der Waals surface area contributed by atoms with E-state index in [9.17, 15) is 0 Å². The normalized spacial score (nSPS) is 24.0. The zero-order valence-corrected chi connectivity index (χ0v) is 6.00. The van der Waals surface area contributed by atoms with Gasteiger partial charge < -0.3 is 4.72 Å². The summed E-state index contributed by atoms with van der Waals surface area (Å²) < 4.78 is 3.13. The molecule has 0 aromatic heterocycles. The molecule has 2 rings (SSSR count). The molecule has 2 heteroatoms. The van der Waals surface area contributed by atoms with Crippen molar-refractivity contribution in [2.24, 2.45) is 0 Å². The highest BCUT2D eigenvalue weighted by molar-refractivity contribution is 8.01. The Morgan fingerprint density at radius 1 is 1.44 bits per heavy atom. The number of rotatable bonds is 0. The summed E-state index contributed by atoms with van der Waals surface area (Å²) in [4.78, 5) is 1.55. The molecule has 1 N–H and O–H groups in total. The lowest BCUT2D eigenvalue weighted by molar-refractivity contribution is 0.913. The Kier molecular flexibility index (Phi) is 1.27. The molecule has 0 aromatic carbocycles. The topological polar surface area (TPSA) is 12.0 Å². The molecule has 0 atom stereocenters. The zero-order valence-electron chi connectivity index (χ0n) is 5.18. The third-order valence-electron chi connectivity index (χ3n) is 1.74. The van der Waals surface area contributed by atoms with Crippen LogP contribution in [0.15, 0.2) is 22.8 Å². The maximum Gasteiger partial charge on any atom is 0.00924 e. The molecule has 0 saturated carbocycles. The van der Waals surface area contributed by atoms with Gasteiger partial charge in [0.05, 0.1) is 0 Å². The number of hydrogen-bond acceptors (Lipinski definition) is 2. The molecule has 0 radical (unpaired) electrons. The van der Waals surface area contributed by atoms with Crippen LogP contribution in [-0.4, -0.2) is 0 Å². The van der Waals surface area contributed by atoms with E-state index in [1.807, 2.05) is 6.20 Å². The van der Waals surface area contributed by atoms with Crippen molar-refractivity contribution < 1.29 is 0 Å². The van der Waals surface area contributed by atoms with Crippen LogP contribution in [0.1, 0.15) is 19.3 Å². The van der Waals surface area contributed by atoms with E-state index in [2.05, 4.69) is 10.8 Å². The second-order valence-electron chi connectivity index (χ2n) is 2.36. The van der Waals surface area contributed by atoms with Crippen molar-refractivity contribution in [2.75, 3.05) is 0 Å². The van der Waals surface area contributed by atoms with Gasteiger partial charge in [-0.15, -0.1) is 0 Å². The van der Waals surface area contributed by atoms with E-state index in [4.69, 9.17) is 0 Å². The number of nitrogens with one attached hydrogen (secondary N) is 1. The molecule has 1 nitrogen and oxygen atoms in total. The molecule has 0 spiro atoms. The summed E-state index contributed by atoms with van der Waals surface area (Å²) in [6, 6.07) is 0. The highest BCUT2D eigenvalue weighted by Crippen LogP contribution is 2.35. The first-order chi connectivity index (χ1) is 4.47. The predicted octanol–water partition coefficient (Wildman–Crippen LogP) is 2.19. The summed E-state index contributed by atoms with van der Waals surface area (Å²) in [7, 11) is 0. The van der Waals surface area contributed by atoms with Crippen LogP contribution < -0.4 is 4.72 Å².